The van der Waals surface area contributed by atoms with Crippen LogP contribution in [0.1, 0.15) is 16.9 Å². The molecule has 7 heteroatoms. The third-order valence-electron chi connectivity index (χ3n) is 2.72. The van der Waals surface area contributed by atoms with Gasteiger partial charge in [0.1, 0.15) is 0 Å². The van der Waals surface area contributed by atoms with Gasteiger partial charge in [-0.25, -0.2) is 4.63 Å². The number of rotatable bonds is 1. The molecule has 2 N–H and O–H groups in total. The van der Waals surface area contributed by atoms with E-state index in [9.17, 15) is 4.79 Å². The van der Waals surface area contributed by atoms with Crippen molar-refractivity contribution >= 4 is 11.7 Å². The second kappa shape index (κ2) is 4.48. The molecule has 2 rings (SSSR count). The average molecular weight is 225 g/mol. The maximum Gasteiger partial charge on any atom is 0.280 e. The van der Waals surface area contributed by atoms with Crippen molar-refractivity contribution in [1.82, 2.24) is 20.1 Å². The Balaban J connectivity index is 2.07. The topological polar surface area (TPSA) is 88.5 Å². The number of hydrogen-bond acceptors (Lipinski definition) is 6. The van der Waals surface area contributed by atoms with E-state index in [1.165, 1.54) is 0 Å². The molecule has 0 radical (unpaired) electrons. The summed E-state index contributed by atoms with van der Waals surface area (Å²) in [6, 6.07) is 0. The first-order chi connectivity index (χ1) is 7.68. The number of nitrogen functional groups attached to an aromatic ring is 1. The zero-order chi connectivity index (χ0) is 11.5. The van der Waals surface area contributed by atoms with Gasteiger partial charge < -0.3 is 15.5 Å². The van der Waals surface area contributed by atoms with Gasteiger partial charge in [0.05, 0.1) is 0 Å². The van der Waals surface area contributed by atoms with E-state index >= 15 is 0 Å². The fourth-order valence-electron chi connectivity index (χ4n) is 1.74. The van der Waals surface area contributed by atoms with Crippen molar-refractivity contribution in [2.24, 2.45) is 0 Å². The van der Waals surface area contributed by atoms with Crippen LogP contribution in [0.4, 0.5) is 5.82 Å². The van der Waals surface area contributed by atoms with E-state index < -0.39 is 0 Å². The normalized spacial score (nSPS) is 18.4. The molecule has 0 spiro atoms. The van der Waals surface area contributed by atoms with E-state index in [-0.39, 0.29) is 17.4 Å². The van der Waals surface area contributed by atoms with Gasteiger partial charge in [0.15, 0.2) is 0 Å². The Morgan fingerprint density at radius 1 is 1.31 bits per heavy atom. The van der Waals surface area contributed by atoms with Gasteiger partial charge in [-0.1, -0.05) is 0 Å². The van der Waals surface area contributed by atoms with Crippen molar-refractivity contribution in [3.05, 3.63) is 5.69 Å². The van der Waals surface area contributed by atoms with Gasteiger partial charge in [-0.2, -0.15) is 0 Å². The lowest BCUT2D eigenvalue weighted by Crippen LogP contribution is -2.35. The third-order valence-corrected chi connectivity index (χ3v) is 2.72. The molecule has 16 heavy (non-hydrogen) atoms. The Hall–Kier alpha value is -1.63. The molecule has 1 aliphatic rings. The highest BCUT2D eigenvalue weighted by Gasteiger charge is 2.24. The van der Waals surface area contributed by atoms with Crippen molar-refractivity contribution in [2.45, 2.75) is 6.42 Å². The number of aromatic nitrogens is 2. The van der Waals surface area contributed by atoms with Crippen molar-refractivity contribution in [3.63, 3.8) is 0 Å². The molecule has 1 saturated heterocycles. The van der Waals surface area contributed by atoms with Gasteiger partial charge in [0.25, 0.3) is 5.91 Å². The summed E-state index contributed by atoms with van der Waals surface area (Å²) in [6.45, 7) is 3.25. The van der Waals surface area contributed by atoms with Gasteiger partial charge in [-0.15, -0.1) is 0 Å². The molecule has 2 heterocycles. The lowest BCUT2D eigenvalue weighted by Gasteiger charge is -2.18. The Kier molecular flexibility index (Phi) is 3.04. The standard InChI is InChI=1S/C9H15N5O2/c1-13-3-2-4-14(6-5-13)9(15)7-8(10)12-16-11-7/h2-6H2,1H3,(H2,10,12). The lowest BCUT2D eigenvalue weighted by atomic mass is 10.3. The molecule has 88 valence electrons. The van der Waals surface area contributed by atoms with E-state index in [1.807, 2.05) is 7.05 Å². The number of carbonyl (C=O) groups is 1. The molecule has 0 aliphatic carbocycles. The van der Waals surface area contributed by atoms with Crippen LogP contribution in [0, 0.1) is 0 Å². The van der Waals surface area contributed by atoms with Crippen LogP contribution in [-0.2, 0) is 0 Å². The van der Waals surface area contributed by atoms with Gasteiger partial charge in [0, 0.05) is 19.6 Å². The summed E-state index contributed by atoms with van der Waals surface area (Å²) in [5, 5.41) is 6.93. The number of nitrogens with zero attached hydrogens (tertiary/aromatic N) is 4. The molecule has 0 bridgehead atoms. The summed E-state index contributed by atoms with van der Waals surface area (Å²) in [4.78, 5) is 15.9. The van der Waals surface area contributed by atoms with Gasteiger partial charge in [-0.05, 0) is 30.3 Å². The van der Waals surface area contributed by atoms with Crippen molar-refractivity contribution in [3.8, 4) is 0 Å². The first-order valence-corrected chi connectivity index (χ1v) is 5.24. The largest absolute Gasteiger partial charge is 0.379 e. The van der Waals surface area contributed by atoms with Crippen molar-refractivity contribution in [1.29, 1.82) is 0 Å². The Bertz CT molecular complexity index is 378. The van der Waals surface area contributed by atoms with Crippen molar-refractivity contribution in [2.75, 3.05) is 39.0 Å². The minimum absolute atomic E-state index is 0.0580. The summed E-state index contributed by atoms with van der Waals surface area (Å²) < 4.78 is 4.43. The highest BCUT2D eigenvalue weighted by atomic mass is 16.6. The fraction of sp³-hybridized carbons (Fsp3) is 0.667. The van der Waals surface area contributed by atoms with E-state index in [0.717, 1.165) is 26.1 Å². The number of likely N-dealkylation sites (N-methyl/N-ethyl adjacent to an activating group) is 1. The monoisotopic (exact) mass is 225 g/mol. The molecule has 0 unspecified atom stereocenters. The molecule has 1 aromatic rings. The second-order valence-corrected chi connectivity index (χ2v) is 3.95. The van der Waals surface area contributed by atoms with E-state index in [2.05, 4.69) is 19.8 Å². The van der Waals surface area contributed by atoms with Crippen LogP contribution in [0.25, 0.3) is 0 Å². The predicted octanol–water partition coefficient (Wildman–Crippen LogP) is -0.570. The maximum absolute atomic E-state index is 12.0. The van der Waals surface area contributed by atoms with Gasteiger partial charge in [-0.3, -0.25) is 4.79 Å². The summed E-state index contributed by atoms with van der Waals surface area (Å²) in [7, 11) is 2.04. The van der Waals surface area contributed by atoms with Crippen LogP contribution in [0.15, 0.2) is 4.63 Å². The van der Waals surface area contributed by atoms with Crippen LogP contribution in [0.5, 0.6) is 0 Å². The fourth-order valence-corrected chi connectivity index (χ4v) is 1.74. The Morgan fingerprint density at radius 2 is 2.12 bits per heavy atom. The first-order valence-electron chi connectivity index (χ1n) is 5.24. The minimum Gasteiger partial charge on any atom is -0.379 e. The average Bonchev–Trinajstić information content (AvgIpc) is 2.56. The first kappa shape index (κ1) is 10.9. The second-order valence-electron chi connectivity index (χ2n) is 3.95. The Labute approximate surface area is 93.1 Å². The summed E-state index contributed by atoms with van der Waals surface area (Å²) in [6.07, 6.45) is 0.952. The van der Waals surface area contributed by atoms with E-state index in [4.69, 9.17) is 5.73 Å². The zero-order valence-electron chi connectivity index (χ0n) is 9.22. The van der Waals surface area contributed by atoms with Gasteiger partial charge >= 0.3 is 0 Å². The molecule has 0 atom stereocenters. The number of hydrogen-bond donors (Lipinski definition) is 1. The SMILES string of the molecule is CN1CCCN(C(=O)c2nonc2N)CC1. The highest BCUT2D eigenvalue weighted by molar-refractivity contribution is 5.96. The van der Waals surface area contributed by atoms with Crippen LogP contribution in [0.3, 0.4) is 0 Å². The summed E-state index contributed by atoms with van der Waals surface area (Å²) >= 11 is 0. The molecule has 0 saturated carbocycles. The molecule has 1 fully saturated rings. The Morgan fingerprint density at radius 3 is 2.81 bits per heavy atom. The number of carbonyl (C=O) groups excluding carboxylic acids is 1. The number of anilines is 1. The van der Waals surface area contributed by atoms with Gasteiger partial charge in [0.2, 0.25) is 11.5 Å². The number of amides is 1. The maximum atomic E-state index is 12.0. The van der Waals surface area contributed by atoms with Crippen LogP contribution >= 0.6 is 0 Å². The molecule has 0 aromatic carbocycles. The predicted molar refractivity (Wildman–Crippen MR) is 56.7 cm³/mol. The number of nitrogens with two attached hydrogens (primary N) is 1. The van der Waals surface area contributed by atoms with Crippen molar-refractivity contribution < 1.29 is 9.42 Å². The molecular formula is C9H15N5O2. The summed E-state index contributed by atoms with van der Waals surface area (Å²) in [5.74, 6) is -0.142. The lowest BCUT2D eigenvalue weighted by molar-refractivity contribution is 0.0752. The smallest absolute Gasteiger partial charge is 0.280 e. The zero-order valence-corrected chi connectivity index (χ0v) is 9.22. The van der Waals surface area contributed by atoms with Crippen LogP contribution in [-0.4, -0.2) is 59.2 Å². The molecular weight excluding hydrogens is 210 g/mol. The third kappa shape index (κ3) is 2.13. The van der Waals surface area contributed by atoms with E-state index in [1.54, 1.807) is 4.90 Å². The molecule has 1 aromatic heterocycles. The highest BCUT2D eigenvalue weighted by Crippen LogP contribution is 2.10. The quantitative estimate of drug-likeness (QED) is 0.688. The van der Waals surface area contributed by atoms with Crippen LogP contribution < -0.4 is 5.73 Å². The van der Waals surface area contributed by atoms with E-state index in [0.29, 0.717) is 6.54 Å². The summed E-state index contributed by atoms with van der Waals surface area (Å²) in [5.41, 5.74) is 5.60. The minimum atomic E-state index is -0.200. The van der Waals surface area contributed by atoms with Crippen LogP contribution in [0.2, 0.25) is 0 Å². The molecule has 1 amide bonds. The molecule has 1 aliphatic heterocycles. The molecule has 7 nitrogen and oxygen atoms in total.